The molecule has 9 heteroatoms. The van der Waals surface area contributed by atoms with E-state index < -0.39 is 6.61 Å². The minimum Gasteiger partial charge on any atom is -0.433 e. The van der Waals surface area contributed by atoms with Crippen LogP contribution in [0.2, 0.25) is 0 Å². The number of alkyl halides is 2. The van der Waals surface area contributed by atoms with Crippen LogP contribution < -0.4 is 15.4 Å². The third-order valence-corrected chi connectivity index (χ3v) is 3.84. The minimum atomic E-state index is -2.92. The fraction of sp³-hybridized carbons (Fsp3) is 0.400. The SMILES string of the molecule is Cc1nn(C)c2c1CC(NC(=O)c1ccc(OC(F)F)cn1)CN2. The van der Waals surface area contributed by atoms with Crippen molar-refractivity contribution < 1.29 is 18.3 Å². The first-order chi connectivity index (χ1) is 11.4. The van der Waals surface area contributed by atoms with E-state index in [1.165, 1.54) is 12.1 Å². The fourth-order valence-electron chi connectivity index (χ4n) is 2.75. The largest absolute Gasteiger partial charge is 0.433 e. The Labute approximate surface area is 137 Å². The van der Waals surface area contributed by atoms with Crippen LogP contribution in [0.1, 0.15) is 21.7 Å². The molecule has 0 aliphatic carbocycles. The van der Waals surface area contributed by atoms with Gasteiger partial charge in [-0.25, -0.2) is 4.98 Å². The standard InChI is InChI=1S/C15H17F2N5O2/c1-8-11-5-9(6-19-13(11)22(2)21-8)20-14(23)12-4-3-10(7-18-12)24-15(16)17/h3-4,7,9,15,19H,5-6H2,1-2H3,(H,20,23). The monoisotopic (exact) mass is 337 g/mol. The Hall–Kier alpha value is -2.71. The number of aryl methyl sites for hydroxylation is 2. The normalized spacial score (nSPS) is 16.5. The molecule has 2 N–H and O–H groups in total. The highest BCUT2D eigenvalue weighted by Crippen LogP contribution is 2.24. The van der Waals surface area contributed by atoms with Crippen molar-refractivity contribution in [3.63, 3.8) is 0 Å². The molecule has 1 amide bonds. The molecule has 24 heavy (non-hydrogen) atoms. The second kappa shape index (κ2) is 6.42. The van der Waals surface area contributed by atoms with Crippen molar-refractivity contribution >= 4 is 11.7 Å². The molecule has 3 heterocycles. The van der Waals surface area contributed by atoms with Gasteiger partial charge in [0.2, 0.25) is 0 Å². The number of halogens is 2. The Bertz CT molecular complexity index is 745. The average Bonchev–Trinajstić information content (AvgIpc) is 2.82. The lowest BCUT2D eigenvalue weighted by Gasteiger charge is -2.25. The molecule has 1 atom stereocenters. The van der Waals surface area contributed by atoms with Crippen molar-refractivity contribution in [3.05, 3.63) is 35.3 Å². The summed E-state index contributed by atoms with van der Waals surface area (Å²) < 4.78 is 30.2. The maximum absolute atomic E-state index is 12.2. The first-order valence-electron chi connectivity index (χ1n) is 7.42. The molecule has 2 aromatic rings. The first-order valence-corrected chi connectivity index (χ1v) is 7.42. The molecule has 0 fully saturated rings. The van der Waals surface area contributed by atoms with Gasteiger partial charge < -0.3 is 15.4 Å². The number of nitrogens with zero attached hydrogens (tertiary/aromatic N) is 3. The maximum Gasteiger partial charge on any atom is 0.387 e. The van der Waals surface area contributed by atoms with Gasteiger partial charge in [0, 0.05) is 19.2 Å². The van der Waals surface area contributed by atoms with E-state index in [1.54, 1.807) is 4.68 Å². The van der Waals surface area contributed by atoms with E-state index in [0.29, 0.717) is 13.0 Å². The molecule has 3 rings (SSSR count). The molecule has 7 nitrogen and oxygen atoms in total. The second-order valence-electron chi connectivity index (χ2n) is 5.55. The number of aromatic nitrogens is 3. The molecule has 128 valence electrons. The summed E-state index contributed by atoms with van der Waals surface area (Å²) in [6, 6.07) is 2.53. The van der Waals surface area contributed by atoms with Gasteiger partial charge in [-0.3, -0.25) is 9.48 Å². The number of pyridine rings is 1. The average molecular weight is 337 g/mol. The van der Waals surface area contributed by atoms with Crippen LogP contribution in [0, 0.1) is 6.92 Å². The minimum absolute atomic E-state index is 0.0866. The Morgan fingerprint density at radius 3 is 2.96 bits per heavy atom. The van der Waals surface area contributed by atoms with E-state index in [2.05, 4.69) is 25.5 Å². The van der Waals surface area contributed by atoms with Gasteiger partial charge in [0.05, 0.1) is 17.9 Å². The molecule has 1 aliphatic heterocycles. The van der Waals surface area contributed by atoms with Gasteiger partial charge in [0.15, 0.2) is 0 Å². The van der Waals surface area contributed by atoms with Crippen LogP contribution in [0.15, 0.2) is 18.3 Å². The Kier molecular flexibility index (Phi) is 4.32. The molecular weight excluding hydrogens is 320 g/mol. The van der Waals surface area contributed by atoms with Crippen LogP contribution in [-0.2, 0) is 13.5 Å². The lowest BCUT2D eigenvalue weighted by molar-refractivity contribution is -0.0500. The summed E-state index contributed by atoms with van der Waals surface area (Å²) in [5.41, 5.74) is 2.14. The molecule has 1 unspecified atom stereocenters. The quantitative estimate of drug-likeness (QED) is 0.883. The predicted octanol–water partition coefficient (Wildman–Crippen LogP) is 1.49. The summed E-state index contributed by atoms with van der Waals surface area (Å²) in [6.45, 7) is -0.421. The molecule has 0 bridgehead atoms. The lowest BCUT2D eigenvalue weighted by atomic mass is 10.0. The molecule has 0 aromatic carbocycles. The molecule has 0 saturated heterocycles. The third-order valence-electron chi connectivity index (χ3n) is 3.84. The predicted molar refractivity (Wildman–Crippen MR) is 82.3 cm³/mol. The maximum atomic E-state index is 12.2. The van der Waals surface area contributed by atoms with Gasteiger partial charge in [-0.2, -0.15) is 13.9 Å². The second-order valence-corrected chi connectivity index (χ2v) is 5.55. The fourth-order valence-corrected chi connectivity index (χ4v) is 2.75. The molecular formula is C15H17F2N5O2. The van der Waals surface area contributed by atoms with E-state index in [9.17, 15) is 13.6 Å². The number of amides is 1. The number of ether oxygens (including phenoxy) is 1. The van der Waals surface area contributed by atoms with Gasteiger partial charge >= 0.3 is 6.61 Å². The van der Waals surface area contributed by atoms with E-state index in [1.807, 2.05) is 14.0 Å². The van der Waals surface area contributed by atoms with E-state index >= 15 is 0 Å². The molecule has 0 radical (unpaired) electrons. The Morgan fingerprint density at radius 1 is 1.50 bits per heavy atom. The first kappa shape index (κ1) is 16.2. The number of hydrogen-bond acceptors (Lipinski definition) is 5. The number of nitrogens with one attached hydrogen (secondary N) is 2. The summed E-state index contributed by atoms with van der Waals surface area (Å²) in [5.74, 6) is 0.511. The van der Waals surface area contributed by atoms with Crippen LogP contribution in [0.3, 0.4) is 0 Å². The summed E-state index contributed by atoms with van der Waals surface area (Å²) in [5, 5.41) is 10.5. The van der Waals surface area contributed by atoms with E-state index in [-0.39, 0.29) is 23.4 Å². The van der Waals surface area contributed by atoms with Crippen LogP contribution in [0.4, 0.5) is 14.6 Å². The van der Waals surface area contributed by atoms with Gasteiger partial charge in [0.1, 0.15) is 17.3 Å². The summed E-state index contributed by atoms with van der Waals surface area (Å²) in [7, 11) is 1.87. The number of carbonyl (C=O) groups is 1. The zero-order valence-corrected chi connectivity index (χ0v) is 13.2. The number of rotatable bonds is 4. The summed E-state index contributed by atoms with van der Waals surface area (Å²) >= 11 is 0. The lowest BCUT2D eigenvalue weighted by Crippen LogP contribution is -2.44. The topological polar surface area (TPSA) is 81.1 Å². The van der Waals surface area contributed by atoms with Crippen LogP contribution >= 0.6 is 0 Å². The summed E-state index contributed by atoms with van der Waals surface area (Å²) in [6.07, 6.45) is 1.77. The third kappa shape index (κ3) is 3.29. The van der Waals surface area contributed by atoms with Crippen molar-refractivity contribution in [3.8, 4) is 5.75 Å². The van der Waals surface area contributed by atoms with Crippen LogP contribution in [-0.4, -0.2) is 39.9 Å². The van der Waals surface area contributed by atoms with Gasteiger partial charge in [0.25, 0.3) is 5.91 Å². The Balaban J connectivity index is 1.64. The highest BCUT2D eigenvalue weighted by atomic mass is 19.3. The summed E-state index contributed by atoms with van der Waals surface area (Å²) in [4.78, 5) is 16.1. The zero-order valence-electron chi connectivity index (χ0n) is 13.2. The van der Waals surface area contributed by atoms with Gasteiger partial charge in [-0.1, -0.05) is 0 Å². The Morgan fingerprint density at radius 2 is 2.29 bits per heavy atom. The highest BCUT2D eigenvalue weighted by Gasteiger charge is 2.25. The van der Waals surface area contributed by atoms with Crippen molar-refractivity contribution in [2.24, 2.45) is 7.05 Å². The van der Waals surface area contributed by atoms with Crippen LogP contribution in [0.5, 0.6) is 5.75 Å². The highest BCUT2D eigenvalue weighted by molar-refractivity contribution is 5.92. The number of fused-ring (bicyclic) bond motifs is 1. The smallest absolute Gasteiger partial charge is 0.387 e. The van der Waals surface area contributed by atoms with Crippen molar-refractivity contribution in [2.75, 3.05) is 11.9 Å². The number of carbonyl (C=O) groups excluding carboxylic acids is 1. The van der Waals surface area contributed by atoms with Crippen molar-refractivity contribution in [1.29, 1.82) is 0 Å². The van der Waals surface area contributed by atoms with E-state index in [4.69, 9.17) is 0 Å². The van der Waals surface area contributed by atoms with Gasteiger partial charge in [-0.15, -0.1) is 0 Å². The van der Waals surface area contributed by atoms with Crippen molar-refractivity contribution in [2.45, 2.75) is 26.0 Å². The molecule has 1 aliphatic rings. The molecule has 2 aromatic heterocycles. The number of hydrogen-bond donors (Lipinski definition) is 2. The van der Waals surface area contributed by atoms with E-state index in [0.717, 1.165) is 23.3 Å². The zero-order chi connectivity index (χ0) is 17.3. The van der Waals surface area contributed by atoms with Crippen molar-refractivity contribution in [1.82, 2.24) is 20.1 Å². The molecule has 0 saturated carbocycles. The number of anilines is 1. The van der Waals surface area contributed by atoms with Gasteiger partial charge in [-0.05, 0) is 25.5 Å². The molecule has 0 spiro atoms. The van der Waals surface area contributed by atoms with Crippen LogP contribution in [0.25, 0.3) is 0 Å².